The highest BCUT2D eigenvalue weighted by atomic mass is 35.5. The van der Waals surface area contributed by atoms with Gasteiger partial charge in [0.25, 0.3) is 0 Å². The zero-order chi connectivity index (χ0) is 17.3. The number of hydrogen-bond donors (Lipinski definition) is 2. The summed E-state index contributed by atoms with van der Waals surface area (Å²) >= 11 is 6.14. The van der Waals surface area contributed by atoms with E-state index in [1.807, 2.05) is 38.1 Å². The Morgan fingerprint density at radius 3 is 2.79 bits per heavy atom. The molecule has 0 saturated heterocycles. The summed E-state index contributed by atoms with van der Waals surface area (Å²) in [4.78, 5) is 14.5. The molecule has 126 valence electrons. The van der Waals surface area contributed by atoms with Gasteiger partial charge in [-0.15, -0.1) is 0 Å². The predicted octanol–water partition coefficient (Wildman–Crippen LogP) is 3.90. The van der Waals surface area contributed by atoms with E-state index in [0.29, 0.717) is 29.5 Å². The van der Waals surface area contributed by atoms with E-state index in [4.69, 9.17) is 22.1 Å². The third kappa shape index (κ3) is 3.32. The molecule has 0 aromatic heterocycles. The van der Waals surface area contributed by atoms with Crippen LogP contribution in [0.1, 0.15) is 19.4 Å². The van der Waals surface area contributed by atoms with Crippen molar-refractivity contribution in [3.63, 3.8) is 0 Å². The summed E-state index contributed by atoms with van der Waals surface area (Å²) in [6, 6.07) is 12.7. The fraction of sp³-hybridized carbons (Fsp3) is 0.278. The number of nitrogens with two attached hydrogens (primary N) is 1. The molecule has 0 atom stereocenters. The summed E-state index contributed by atoms with van der Waals surface area (Å²) in [5.41, 5.74) is 6.77. The van der Waals surface area contributed by atoms with Crippen LogP contribution in [0.15, 0.2) is 42.5 Å². The zero-order valence-electron chi connectivity index (χ0n) is 13.7. The van der Waals surface area contributed by atoms with Crippen LogP contribution in [0.4, 0.5) is 10.5 Å². The minimum atomic E-state index is -0.511. The maximum atomic E-state index is 12.9. The third-order valence-electron chi connectivity index (χ3n) is 3.93. The molecular formula is C18H20ClN3O2. The maximum Gasteiger partial charge on any atom is 0.322 e. The number of halogens is 1. The molecule has 0 fully saturated rings. The van der Waals surface area contributed by atoms with E-state index in [1.165, 1.54) is 0 Å². The first-order valence-electron chi connectivity index (χ1n) is 7.75. The lowest BCUT2D eigenvalue weighted by atomic mass is 10.1. The number of hydrogen-bond acceptors (Lipinski definition) is 3. The van der Waals surface area contributed by atoms with Crippen molar-refractivity contribution in [3.8, 4) is 11.5 Å². The van der Waals surface area contributed by atoms with Gasteiger partial charge in [0.2, 0.25) is 0 Å². The molecule has 2 aromatic carbocycles. The molecule has 6 heteroatoms. The van der Waals surface area contributed by atoms with Crippen LogP contribution in [0.5, 0.6) is 11.5 Å². The molecule has 0 saturated carbocycles. The molecule has 0 unspecified atom stereocenters. The number of ether oxygens (including phenoxy) is 1. The summed E-state index contributed by atoms with van der Waals surface area (Å²) in [5, 5.41) is 3.50. The zero-order valence-corrected chi connectivity index (χ0v) is 14.4. The number of benzene rings is 2. The van der Waals surface area contributed by atoms with E-state index in [0.717, 1.165) is 11.3 Å². The molecule has 5 nitrogen and oxygen atoms in total. The highest BCUT2D eigenvalue weighted by Gasteiger charge is 2.28. The number of carbonyl (C=O) groups excluding carboxylic acids is 1. The molecule has 24 heavy (non-hydrogen) atoms. The van der Waals surface area contributed by atoms with Crippen molar-refractivity contribution in [2.45, 2.75) is 25.9 Å². The van der Waals surface area contributed by atoms with Crippen molar-refractivity contribution in [1.29, 1.82) is 0 Å². The van der Waals surface area contributed by atoms with Gasteiger partial charge in [-0.25, -0.2) is 4.79 Å². The number of para-hydroxylation sites is 1. The second-order valence-corrected chi connectivity index (χ2v) is 6.86. The largest absolute Gasteiger partial charge is 0.455 e. The average Bonchev–Trinajstić information content (AvgIpc) is 2.71. The Hall–Kier alpha value is -2.24. The number of amides is 2. The number of nitrogens with zero attached hydrogens (tertiary/aromatic N) is 1. The fourth-order valence-corrected chi connectivity index (χ4v) is 2.65. The van der Waals surface area contributed by atoms with E-state index in [9.17, 15) is 4.79 Å². The standard InChI is InChI=1S/C18H20ClN3O2/c1-18(2,11-20)21-17(23)22-10-12-5-3-4-6-15(12)24-16-8-7-13(19)9-14(16)22/h3-9H,10-11,20H2,1-2H3,(H,21,23). The Bertz CT molecular complexity index is 777. The van der Waals surface area contributed by atoms with Crippen molar-refractivity contribution in [3.05, 3.63) is 53.1 Å². The van der Waals surface area contributed by atoms with Crippen LogP contribution in [0.3, 0.4) is 0 Å². The molecule has 0 bridgehead atoms. The first kappa shape index (κ1) is 16.6. The number of anilines is 1. The second kappa shape index (κ2) is 6.34. The summed E-state index contributed by atoms with van der Waals surface area (Å²) in [7, 11) is 0. The quantitative estimate of drug-likeness (QED) is 0.867. The third-order valence-corrected chi connectivity index (χ3v) is 4.17. The molecule has 1 aliphatic heterocycles. The highest BCUT2D eigenvalue weighted by Crippen LogP contribution is 2.40. The topological polar surface area (TPSA) is 67.6 Å². The van der Waals surface area contributed by atoms with E-state index in [1.54, 1.807) is 23.1 Å². The van der Waals surface area contributed by atoms with Crippen LogP contribution in [0.2, 0.25) is 5.02 Å². The summed E-state index contributed by atoms with van der Waals surface area (Å²) in [5.74, 6) is 1.32. The first-order chi connectivity index (χ1) is 11.4. The van der Waals surface area contributed by atoms with Crippen molar-refractivity contribution in [2.24, 2.45) is 5.73 Å². The number of nitrogens with one attached hydrogen (secondary N) is 1. The maximum absolute atomic E-state index is 12.9. The lowest BCUT2D eigenvalue weighted by molar-refractivity contribution is 0.236. The molecule has 2 amide bonds. The molecule has 2 aromatic rings. The molecule has 0 spiro atoms. The number of rotatable bonds is 2. The molecule has 3 N–H and O–H groups in total. The fourth-order valence-electron chi connectivity index (χ4n) is 2.48. The first-order valence-corrected chi connectivity index (χ1v) is 8.12. The smallest absolute Gasteiger partial charge is 0.322 e. The molecule has 1 aliphatic rings. The summed E-state index contributed by atoms with van der Waals surface area (Å²) in [6.45, 7) is 4.48. The number of urea groups is 1. The van der Waals surface area contributed by atoms with Gasteiger partial charge in [-0.1, -0.05) is 29.8 Å². The normalized spacial score (nSPS) is 13.4. The van der Waals surface area contributed by atoms with Crippen LogP contribution in [-0.4, -0.2) is 18.1 Å². The van der Waals surface area contributed by atoms with Gasteiger partial charge in [-0.05, 0) is 38.1 Å². The minimum Gasteiger partial charge on any atom is -0.455 e. The van der Waals surface area contributed by atoms with Gasteiger partial charge in [0.15, 0.2) is 5.75 Å². The monoisotopic (exact) mass is 345 g/mol. The van der Waals surface area contributed by atoms with Crippen molar-refractivity contribution >= 4 is 23.3 Å². The summed E-state index contributed by atoms with van der Waals surface area (Å²) in [6.07, 6.45) is 0. The molecule has 0 radical (unpaired) electrons. The Kier molecular flexibility index (Phi) is 4.39. The van der Waals surface area contributed by atoms with Gasteiger partial charge < -0.3 is 15.8 Å². The van der Waals surface area contributed by atoms with E-state index >= 15 is 0 Å². The second-order valence-electron chi connectivity index (χ2n) is 6.43. The van der Waals surface area contributed by atoms with Gasteiger partial charge in [-0.2, -0.15) is 0 Å². The van der Waals surface area contributed by atoms with Crippen LogP contribution in [-0.2, 0) is 6.54 Å². The van der Waals surface area contributed by atoms with Crippen LogP contribution in [0, 0.1) is 0 Å². The Morgan fingerprint density at radius 2 is 2.04 bits per heavy atom. The van der Waals surface area contributed by atoms with E-state index in [2.05, 4.69) is 5.32 Å². The Balaban J connectivity index is 2.04. The number of fused-ring (bicyclic) bond motifs is 2. The van der Waals surface area contributed by atoms with E-state index in [-0.39, 0.29) is 6.03 Å². The molecule has 0 aliphatic carbocycles. The molecule has 3 rings (SSSR count). The predicted molar refractivity (Wildman–Crippen MR) is 95.8 cm³/mol. The molecule has 1 heterocycles. The van der Waals surface area contributed by atoms with Crippen molar-refractivity contribution in [2.75, 3.05) is 11.4 Å². The van der Waals surface area contributed by atoms with Gasteiger partial charge in [-0.3, -0.25) is 4.90 Å². The van der Waals surface area contributed by atoms with E-state index < -0.39 is 5.54 Å². The Morgan fingerprint density at radius 1 is 1.29 bits per heavy atom. The average molecular weight is 346 g/mol. The van der Waals surface area contributed by atoms with Gasteiger partial charge in [0.05, 0.1) is 12.2 Å². The van der Waals surface area contributed by atoms with Crippen molar-refractivity contribution in [1.82, 2.24) is 5.32 Å². The lowest BCUT2D eigenvalue weighted by Crippen LogP contribution is -2.53. The van der Waals surface area contributed by atoms with Gasteiger partial charge in [0.1, 0.15) is 5.75 Å². The van der Waals surface area contributed by atoms with Crippen molar-refractivity contribution < 1.29 is 9.53 Å². The highest BCUT2D eigenvalue weighted by molar-refractivity contribution is 6.31. The number of carbonyl (C=O) groups is 1. The van der Waals surface area contributed by atoms with Gasteiger partial charge in [0, 0.05) is 22.7 Å². The van der Waals surface area contributed by atoms with Crippen LogP contribution >= 0.6 is 11.6 Å². The Labute approximate surface area is 146 Å². The van der Waals surface area contributed by atoms with Crippen LogP contribution in [0.25, 0.3) is 0 Å². The summed E-state index contributed by atoms with van der Waals surface area (Å²) < 4.78 is 5.99. The SMILES string of the molecule is CC(C)(CN)NC(=O)N1Cc2ccccc2Oc2ccc(Cl)cc21. The minimum absolute atomic E-state index is 0.241. The van der Waals surface area contributed by atoms with Gasteiger partial charge >= 0.3 is 6.03 Å². The lowest BCUT2D eigenvalue weighted by Gasteiger charge is -2.29. The molecular weight excluding hydrogens is 326 g/mol. The van der Waals surface area contributed by atoms with Crippen LogP contribution < -0.4 is 20.7 Å².